The van der Waals surface area contributed by atoms with Gasteiger partial charge in [-0.3, -0.25) is 14.6 Å². The molecule has 3 rings (SSSR count). The minimum absolute atomic E-state index is 0.0360. The van der Waals surface area contributed by atoms with E-state index in [2.05, 4.69) is 10.3 Å². The molecule has 0 aliphatic carbocycles. The van der Waals surface area contributed by atoms with E-state index in [1.807, 2.05) is 32.0 Å². The number of hydrogen-bond acceptors (Lipinski definition) is 4. The van der Waals surface area contributed by atoms with Crippen molar-refractivity contribution in [2.45, 2.75) is 32.8 Å². The second kappa shape index (κ2) is 8.77. The third kappa shape index (κ3) is 4.92. The van der Waals surface area contributed by atoms with Crippen LogP contribution in [0, 0.1) is 13.8 Å². The summed E-state index contributed by atoms with van der Waals surface area (Å²) < 4.78 is 5.66. The third-order valence-electron chi connectivity index (χ3n) is 4.83. The molecule has 1 aliphatic heterocycles. The Hall–Kier alpha value is -2.73. The van der Waals surface area contributed by atoms with Crippen molar-refractivity contribution in [1.29, 1.82) is 0 Å². The molecule has 27 heavy (non-hydrogen) atoms. The van der Waals surface area contributed by atoms with Crippen molar-refractivity contribution in [1.82, 2.24) is 9.88 Å². The molecule has 0 radical (unpaired) electrons. The number of aryl methyl sites for hydroxylation is 1. The fourth-order valence-electron chi connectivity index (χ4n) is 3.15. The largest absolute Gasteiger partial charge is 0.376 e. The van der Waals surface area contributed by atoms with E-state index in [4.69, 9.17) is 4.74 Å². The Kier molecular flexibility index (Phi) is 6.19. The van der Waals surface area contributed by atoms with Gasteiger partial charge in [-0.05, 0) is 56.0 Å². The van der Waals surface area contributed by atoms with Crippen LogP contribution in [0.2, 0.25) is 0 Å². The van der Waals surface area contributed by atoms with Gasteiger partial charge in [0.1, 0.15) is 12.2 Å². The lowest BCUT2D eigenvalue weighted by molar-refractivity contribution is -0.117. The Morgan fingerprint density at radius 3 is 2.78 bits per heavy atom. The summed E-state index contributed by atoms with van der Waals surface area (Å²) in [6.07, 6.45) is 3.41. The number of benzene rings is 1. The standard InChI is InChI=1S/C21H25N3O3/c1-15-7-5-10-18(16(15)2)23-20(25)14-24(13-17-8-6-12-27-17)21(26)19-9-3-4-11-22-19/h3-5,7,9-11,17H,6,8,12-14H2,1-2H3,(H,23,25). The molecule has 2 aromatic rings. The molecule has 0 bridgehead atoms. The Balaban J connectivity index is 1.72. The highest BCUT2D eigenvalue weighted by Gasteiger charge is 2.26. The summed E-state index contributed by atoms with van der Waals surface area (Å²) >= 11 is 0. The van der Waals surface area contributed by atoms with E-state index in [0.29, 0.717) is 18.8 Å². The summed E-state index contributed by atoms with van der Waals surface area (Å²) in [7, 11) is 0. The molecule has 1 fully saturated rings. The van der Waals surface area contributed by atoms with Gasteiger partial charge in [-0.15, -0.1) is 0 Å². The minimum atomic E-state index is -0.262. The normalized spacial score (nSPS) is 16.1. The molecule has 1 aliphatic rings. The number of rotatable bonds is 6. The minimum Gasteiger partial charge on any atom is -0.376 e. The number of nitrogens with one attached hydrogen (secondary N) is 1. The van der Waals surface area contributed by atoms with Crippen molar-refractivity contribution < 1.29 is 14.3 Å². The zero-order chi connectivity index (χ0) is 19.2. The summed E-state index contributed by atoms with van der Waals surface area (Å²) in [5.41, 5.74) is 3.22. The maximum absolute atomic E-state index is 12.9. The van der Waals surface area contributed by atoms with E-state index in [9.17, 15) is 9.59 Å². The molecule has 1 aromatic carbocycles. The number of ether oxygens (including phenoxy) is 1. The van der Waals surface area contributed by atoms with Crippen molar-refractivity contribution >= 4 is 17.5 Å². The summed E-state index contributed by atoms with van der Waals surface area (Å²) in [6.45, 7) is 5.01. The van der Waals surface area contributed by atoms with E-state index in [-0.39, 0.29) is 24.5 Å². The van der Waals surface area contributed by atoms with Crippen LogP contribution in [0.5, 0.6) is 0 Å². The predicted molar refractivity (Wildman–Crippen MR) is 104 cm³/mol. The molecule has 6 heteroatoms. The zero-order valence-corrected chi connectivity index (χ0v) is 15.8. The van der Waals surface area contributed by atoms with Crippen LogP contribution in [-0.2, 0) is 9.53 Å². The first-order valence-corrected chi connectivity index (χ1v) is 9.22. The maximum Gasteiger partial charge on any atom is 0.273 e. The van der Waals surface area contributed by atoms with Crippen LogP contribution in [-0.4, -0.2) is 47.5 Å². The number of pyridine rings is 1. The van der Waals surface area contributed by atoms with Crippen molar-refractivity contribution in [3.8, 4) is 0 Å². The van der Waals surface area contributed by atoms with Crippen LogP contribution < -0.4 is 5.32 Å². The Bertz CT molecular complexity index is 802. The number of nitrogens with zero attached hydrogens (tertiary/aromatic N) is 2. The van der Waals surface area contributed by atoms with Crippen molar-refractivity contribution in [3.05, 3.63) is 59.4 Å². The van der Waals surface area contributed by atoms with Gasteiger partial charge in [0, 0.05) is 25.0 Å². The van der Waals surface area contributed by atoms with Gasteiger partial charge in [0.2, 0.25) is 5.91 Å². The van der Waals surface area contributed by atoms with Crippen LogP contribution in [0.4, 0.5) is 5.69 Å². The van der Waals surface area contributed by atoms with Gasteiger partial charge in [-0.25, -0.2) is 0 Å². The first-order valence-electron chi connectivity index (χ1n) is 9.22. The number of aromatic nitrogens is 1. The molecule has 1 atom stereocenters. The average molecular weight is 367 g/mol. The molecule has 1 unspecified atom stereocenters. The summed E-state index contributed by atoms with van der Waals surface area (Å²) in [4.78, 5) is 31.2. The highest BCUT2D eigenvalue weighted by Crippen LogP contribution is 2.19. The summed E-state index contributed by atoms with van der Waals surface area (Å²) in [5, 5.41) is 2.92. The fourth-order valence-corrected chi connectivity index (χ4v) is 3.15. The van der Waals surface area contributed by atoms with Crippen molar-refractivity contribution in [2.24, 2.45) is 0 Å². The van der Waals surface area contributed by atoms with E-state index in [0.717, 1.165) is 29.7 Å². The lowest BCUT2D eigenvalue weighted by Crippen LogP contribution is -2.42. The molecule has 2 heterocycles. The SMILES string of the molecule is Cc1cccc(NC(=O)CN(CC2CCCO2)C(=O)c2ccccn2)c1C. The molecule has 1 N–H and O–H groups in total. The molecular formula is C21H25N3O3. The van der Waals surface area contributed by atoms with Gasteiger partial charge in [-0.1, -0.05) is 18.2 Å². The van der Waals surface area contributed by atoms with Gasteiger partial charge in [0.05, 0.1) is 6.10 Å². The predicted octanol–water partition coefficient (Wildman–Crippen LogP) is 2.96. The van der Waals surface area contributed by atoms with Gasteiger partial charge in [-0.2, -0.15) is 0 Å². The second-order valence-corrected chi connectivity index (χ2v) is 6.83. The summed E-state index contributed by atoms with van der Waals surface area (Å²) in [6, 6.07) is 11.0. The van der Waals surface area contributed by atoms with Crippen LogP contribution in [0.3, 0.4) is 0 Å². The van der Waals surface area contributed by atoms with Gasteiger partial charge < -0.3 is 15.0 Å². The number of amides is 2. The molecule has 2 amide bonds. The highest BCUT2D eigenvalue weighted by atomic mass is 16.5. The van der Waals surface area contributed by atoms with Crippen LogP contribution in [0.25, 0.3) is 0 Å². The Labute approximate surface area is 159 Å². The zero-order valence-electron chi connectivity index (χ0n) is 15.8. The Morgan fingerprint density at radius 1 is 1.22 bits per heavy atom. The van der Waals surface area contributed by atoms with Crippen LogP contribution in [0.1, 0.15) is 34.5 Å². The van der Waals surface area contributed by atoms with Crippen molar-refractivity contribution in [3.63, 3.8) is 0 Å². The molecule has 0 spiro atoms. The van der Waals surface area contributed by atoms with E-state index in [1.54, 1.807) is 24.4 Å². The second-order valence-electron chi connectivity index (χ2n) is 6.83. The van der Waals surface area contributed by atoms with Crippen LogP contribution in [0.15, 0.2) is 42.6 Å². The quantitative estimate of drug-likeness (QED) is 0.852. The van der Waals surface area contributed by atoms with E-state index < -0.39 is 0 Å². The molecule has 1 saturated heterocycles. The molecule has 1 aromatic heterocycles. The highest BCUT2D eigenvalue weighted by molar-refractivity contribution is 5.98. The van der Waals surface area contributed by atoms with E-state index in [1.165, 1.54) is 4.90 Å². The Morgan fingerprint density at radius 2 is 2.07 bits per heavy atom. The van der Waals surface area contributed by atoms with Crippen molar-refractivity contribution in [2.75, 3.05) is 25.0 Å². The lowest BCUT2D eigenvalue weighted by atomic mass is 10.1. The number of carbonyl (C=O) groups is 2. The van der Waals surface area contributed by atoms with Crippen LogP contribution >= 0.6 is 0 Å². The molecule has 0 saturated carbocycles. The van der Waals surface area contributed by atoms with Gasteiger partial charge in [0.15, 0.2) is 0 Å². The maximum atomic E-state index is 12.9. The van der Waals surface area contributed by atoms with Gasteiger partial charge in [0.25, 0.3) is 5.91 Å². The first-order chi connectivity index (χ1) is 13.0. The molecule has 142 valence electrons. The fraction of sp³-hybridized carbons (Fsp3) is 0.381. The summed E-state index contributed by atoms with van der Waals surface area (Å²) in [5.74, 6) is -0.492. The number of hydrogen-bond donors (Lipinski definition) is 1. The molecule has 6 nitrogen and oxygen atoms in total. The third-order valence-corrected chi connectivity index (χ3v) is 4.83. The lowest BCUT2D eigenvalue weighted by Gasteiger charge is -2.25. The number of carbonyl (C=O) groups excluding carboxylic acids is 2. The first kappa shape index (κ1) is 19.0. The monoisotopic (exact) mass is 367 g/mol. The topological polar surface area (TPSA) is 71.5 Å². The smallest absolute Gasteiger partial charge is 0.273 e. The number of anilines is 1. The molecular weight excluding hydrogens is 342 g/mol. The van der Waals surface area contributed by atoms with Gasteiger partial charge >= 0.3 is 0 Å². The van der Waals surface area contributed by atoms with E-state index >= 15 is 0 Å². The average Bonchev–Trinajstić information content (AvgIpc) is 3.18.